The molecule has 1 saturated heterocycles. The molecular weight excluding hydrogens is 336 g/mol. The Morgan fingerprint density at radius 3 is 2.44 bits per heavy atom. The molecule has 0 radical (unpaired) electrons. The Morgan fingerprint density at radius 2 is 1.80 bits per heavy atom. The van der Waals surface area contributed by atoms with E-state index in [9.17, 15) is 13.2 Å². The van der Waals surface area contributed by atoms with Gasteiger partial charge in [-0.3, -0.25) is 4.79 Å². The van der Waals surface area contributed by atoms with Crippen molar-refractivity contribution in [3.05, 3.63) is 28.8 Å². The van der Waals surface area contributed by atoms with E-state index in [2.05, 4.69) is 11.6 Å². The number of hydrogen-bond donors (Lipinski definition) is 1. The number of nitrogens with one attached hydrogen (secondary N) is 1. The molecule has 25 heavy (non-hydrogen) atoms. The Balaban J connectivity index is 1.95. The zero-order valence-corrected chi connectivity index (χ0v) is 16.6. The molecule has 2 rings (SSSR count). The summed E-state index contributed by atoms with van der Waals surface area (Å²) in [5.41, 5.74) is 2.51. The van der Waals surface area contributed by atoms with Gasteiger partial charge in [-0.25, -0.2) is 13.1 Å². The molecule has 1 amide bonds. The maximum atomic E-state index is 12.6. The van der Waals surface area contributed by atoms with Crippen LogP contribution >= 0.6 is 0 Å². The molecule has 0 spiro atoms. The van der Waals surface area contributed by atoms with Crippen LogP contribution in [0.15, 0.2) is 17.0 Å². The van der Waals surface area contributed by atoms with E-state index in [1.165, 1.54) is 0 Å². The lowest BCUT2D eigenvalue weighted by Crippen LogP contribution is -2.35. The van der Waals surface area contributed by atoms with Gasteiger partial charge in [0.25, 0.3) is 0 Å². The molecule has 0 bridgehead atoms. The molecule has 0 aliphatic carbocycles. The van der Waals surface area contributed by atoms with E-state index >= 15 is 0 Å². The van der Waals surface area contributed by atoms with Gasteiger partial charge in [-0.1, -0.05) is 24.6 Å². The Bertz CT molecular complexity index is 705. The SMILES string of the molecule is Cc1cc(C)c(S(=O)(=O)NCCC(=O)N2CCC[C@H](C)CC2)c(C)c1. The van der Waals surface area contributed by atoms with Crippen LogP contribution < -0.4 is 4.72 Å². The number of hydrogen-bond acceptors (Lipinski definition) is 3. The number of aryl methyl sites for hydroxylation is 3. The fourth-order valence-electron chi connectivity index (χ4n) is 3.63. The highest BCUT2D eigenvalue weighted by Crippen LogP contribution is 2.21. The van der Waals surface area contributed by atoms with Gasteiger partial charge < -0.3 is 4.90 Å². The number of sulfonamides is 1. The van der Waals surface area contributed by atoms with Gasteiger partial charge in [-0.15, -0.1) is 0 Å². The third-order valence-corrected chi connectivity index (χ3v) is 6.64. The minimum absolute atomic E-state index is 0.0363. The molecule has 0 saturated carbocycles. The van der Waals surface area contributed by atoms with Gasteiger partial charge in [0.1, 0.15) is 0 Å². The Hall–Kier alpha value is -1.40. The average molecular weight is 367 g/mol. The van der Waals surface area contributed by atoms with Crippen LogP contribution in [-0.2, 0) is 14.8 Å². The first kappa shape index (κ1) is 19.9. The van der Waals surface area contributed by atoms with Gasteiger partial charge in [-0.05, 0) is 57.1 Å². The number of carbonyl (C=O) groups is 1. The molecule has 0 unspecified atom stereocenters. The molecule has 5 nitrogen and oxygen atoms in total. The lowest BCUT2D eigenvalue weighted by Gasteiger charge is -2.20. The molecule has 1 fully saturated rings. The molecule has 1 atom stereocenters. The first-order valence-corrected chi connectivity index (χ1v) is 10.5. The quantitative estimate of drug-likeness (QED) is 0.871. The van der Waals surface area contributed by atoms with Gasteiger partial charge in [0.05, 0.1) is 4.90 Å². The maximum absolute atomic E-state index is 12.6. The predicted octanol–water partition coefficient (Wildman–Crippen LogP) is 2.93. The lowest BCUT2D eigenvalue weighted by molar-refractivity contribution is -0.131. The summed E-state index contributed by atoms with van der Waals surface area (Å²) < 4.78 is 27.8. The van der Waals surface area contributed by atoms with Gasteiger partial charge in [-0.2, -0.15) is 0 Å². The van der Waals surface area contributed by atoms with Gasteiger partial charge in [0, 0.05) is 26.1 Å². The smallest absolute Gasteiger partial charge is 0.241 e. The third kappa shape index (κ3) is 5.28. The van der Waals surface area contributed by atoms with Crippen molar-refractivity contribution in [2.24, 2.45) is 5.92 Å². The normalized spacial score (nSPS) is 18.9. The number of rotatable bonds is 5. The summed E-state index contributed by atoms with van der Waals surface area (Å²) in [4.78, 5) is 14.6. The Kier molecular flexibility index (Phi) is 6.63. The summed E-state index contributed by atoms with van der Waals surface area (Å²) in [5, 5.41) is 0. The van der Waals surface area contributed by atoms with Crippen molar-refractivity contribution in [3.63, 3.8) is 0 Å². The zero-order chi connectivity index (χ0) is 18.6. The van der Waals surface area contributed by atoms with Crippen LogP contribution in [0.1, 0.15) is 49.3 Å². The Labute approximate surface area is 151 Å². The topological polar surface area (TPSA) is 66.5 Å². The summed E-state index contributed by atoms with van der Waals surface area (Å²) in [6, 6.07) is 3.73. The van der Waals surface area contributed by atoms with E-state index in [1.807, 2.05) is 24.0 Å². The molecule has 0 aromatic heterocycles. The molecular formula is C19H30N2O3S. The largest absolute Gasteiger partial charge is 0.343 e. The van der Waals surface area contributed by atoms with Crippen LogP contribution in [0.25, 0.3) is 0 Å². The highest BCUT2D eigenvalue weighted by molar-refractivity contribution is 7.89. The molecule has 6 heteroatoms. The van der Waals surface area contributed by atoms with Crippen LogP contribution in [-0.4, -0.2) is 38.9 Å². The summed E-state index contributed by atoms with van der Waals surface area (Å²) in [6.45, 7) is 9.48. The van der Waals surface area contributed by atoms with Crippen molar-refractivity contribution in [1.82, 2.24) is 9.62 Å². The van der Waals surface area contributed by atoms with E-state index in [1.54, 1.807) is 13.8 Å². The van der Waals surface area contributed by atoms with Crippen molar-refractivity contribution in [2.75, 3.05) is 19.6 Å². The molecule has 1 aliphatic rings. The summed E-state index contributed by atoms with van der Waals surface area (Å²) in [5.74, 6) is 0.693. The zero-order valence-electron chi connectivity index (χ0n) is 15.8. The summed E-state index contributed by atoms with van der Waals surface area (Å²) in [7, 11) is -3.60. The van der Waals surface area contributed by atoms with Crippen LogP contribution in [0.3, 0.4) is 0 Å². The van der Waals surface area contributed by atoms with Crippen LogP contribution in [0.4, 0.5) is 0 Å². The van der Waals surface area contributed by atoms with Crippen molar-refractivity contribution in [2.45, 2.75) is 58.3 Å². The standard InChI is InChI=1S/C19H30N2O3S/c1-14-6-5-10-21(11-8-14)18(22)7-9-20-25(23,24)19-16(3)12-15(2)13-17(19)4/h12-14,20H,5-11H2,1-4H3/t14-/m0/s1. The van der Waals surface area contributed by atoms with Gasteiger partial charge >= 0.3 is 0 Å². The summed E-state index contributed by atoms with van der Waals surface area (Å²) in [6.07, 6.45) is 3.42. The number of benzene rings is 1. The summed E-state index contributed by atoms with van der Waals surface area (Å²) >= 11 is 0. The third-order valence-electron chi connectivity index (χ3n) is 4.87. The van der Waals surface area contributed by atoms with Crippen molar-refractivity contribution in [3.8, 4) is 0 Å². The Morgan fingerprint density at radius 1 is 1.16 bits per heavy atom. The van der Waals surface area contributed by atoms with Crippen LogP contribution in [0.2, 0.25) is 0 Å². The first-order valence-electron chi connectivity index (χ1n) is 9.06. The number of likely N-dealkylation sites (tertiary alicyclic amines) is 1. The minimum Gasteiger partial charge on any atom is -0.343 e. The fourth-order valence-corrected chi connectivity index (χ4v) is 5.11. The monoisotopic (exact) mass is 366 g/mol. The molecule has 1 aliphatic heterocycles. The highest BCUT2D eigenvalue weighted by Gasteiger charge is 2.22. The highest BCUT2D eigenvalue weighted by atomic mass is 32.2. The predicted molar refractivity (Wildman–Crippen MR) is 100 cm³/mol. The molecule has 1 N–H and O–H groups in total. The van der Waals surface area contributed by atoms with E-state index in [4.69, 9.17) is 0 Å². The molecule has 140 valence electrons. The van der Waals surface area contributed by atoms with Crippen LogP contribution in [0, 0.1) is 26.7 Å². The second-order valence-electron chi connectivity index (χ2n) is 7.29. The van der Waals surface area contributed by atoms with Crippen molar-refractivity contribution < 1.29 is 13.2 Å². The van der Waals surface area contributed by atoms with E-state index < -0.39 is 10.0 Å². The second kappa shape index (κ2) is 8.32. The van der Waals surface area contributed by atoms with E-state index in [0.29, 0.717) is 10.8 Å². The van der Waals surface area contributed by atoms with E-state index in [-0.39, 0.29) is 18.9 Å². The van der Waals surface area contributed by atoms with Gasteiger partial charge in [0.2, 0.25) is 15.9 Å². The second-order valence-corrected chi connectivity index (χ2v) is 9.00. The maximum Gasteiger partial charge on any atom is 0.241 e. The minimum atomic E-state index is -3.60. The molecule has 1 aromatic carbocycles. The van der Waals surface area contributed by atoms with Crippen LogP contribution in [0.5, 0.6) is 0 Å². The fraction of sp³-hybridized carbons (Fsp3) is 0.632. The average Bonchev–Trinajstić information content (AvgIpc) is 2.70. The molecule has 1 aromatic rings. The number of carbonyl (C=O) groups excluding carboxylic acids is 1. The number of nitrogens with zero attached hydrogens (tertiary/aromatic N) is 1. The van der Waals surface area contributed by atoms with E-state index in [0.717, 1.165) is 49.0 Å². The lowest BCUT2D eigenvalue weighted by atomic mass is 10.0. The van der Waals surface area contributed by atoms with Gasteiger partial charge in [0.15, 0.2) is 0 Å². The number of amides is 1. The van der Waals surface area contributed by atoms with Crippen molar-refractivity contribution in [1.29, 1.82) is 0 Å². The molecule has 1 heterocycles. The first-order chi connectivity index (χ1) is 11.7. The van der Waals surface area contributed by atoms with Crippen molar-refractivity contribution >= 4 is 15.9 Å².